The lowest BCUT2D eigenvalue weighted by atomic mass is 9.84. The molecule has 24 heavy (non-hydrogen) atoms. The predicted molar refractivity (Wildman–Crippen MR) is 81.3 cm³/mol. The fraction of sp³-hybridized carbons (Fsp3) is 0.500. The molecule has 2 unspecified atom stereocenters. The van der Waals surface area contributed by atoms with Gasteiger partial charge in [0.05, 0.1) is 20.1 Å². The van der Waals surface area contributed by atoms with Crippen LogP contribution in [0.5, 0.6) is 0 Å². The van der Waals surface area contributed by atoms with E-state index in [2.05, 4.69) is 15.4 Å². The number of tetrazole rings is 1. The van der Waals surface area contributed by atoms with Crippen molar-refractivity contribution in [3.8, 4) is 11.4 Å². The molecule has 1 aliphatic rings. The summed E-state index contributed by atoms with van der Waals surface area (Å²) in [6.07, 6.45) is -0.173. The van der Waals surface area contributed by atoms with Crippen LogP contribution in [0.25, 0.3) is 11.4 Å². The number of carbonyl (C=O) groups is 1. The Morgan fingerprint density at radius 1 is 1.38 bits per heavy atom. The van der Waals surface area contributed by atoms with Crippen molar-refractivity contribution >= 4 is 5.97 Å². The maximum atomic E-state index is 13.5. The van der Waals surface area contributed by atoms with E-state index in [1.54, 1.807) is 31.3 Å². The van der Waals surface area contributed by atoms with Crippen molar-refractivity contribution in [3.63, 3.8) is 0 Å². The van der Waals surface area contributed by atoms with E-state index in [4.69, 9.17) is 4.74 Å². The topological polar surface area (TPSA) is 69.9 Å². The summed E-state index contributed by atoms with van der Waals surface area (Å²) >= 11 is 0. The van der Waals surface area contributed by atoms with Crippen molar-refractivity contribution in [1.82, 2.24) is 20.2 Å². The monoisotopic (exact) mass is 336 g/mol. The highest BCUT2D eigenvalue weighted by Gasteiger charge is 2.45. The van der Waals surface area contributed by atoms with E-state index in [0.717, 1.165) is 5.56 Å². The molecule has 1 aliphatic carbocycles. The second-order valence-corrected chi connectivity index (χ2v) is 6.08. The molecule has 2 atom stereocenters. The van der Waals surface area contributed by atoms with Crippen molar-refractivity contribution in [3.05, 3.63) is 29.8 Å². The number of halogens is 2. The van der Waals surface area contributed by atoms with Crippen molar-refractivity contribution in [1.29, 1.82) is 0 Å². The van der Waals surface area contributed by atoms with Crippen molar-refractivity contribution in [2.45, 2.75) is 31.1 Å². The van der Waals surface area contributed by atoms with E-state index in [9.17, 15) is 13.6 Å². The van der Waals surface area contributed by atoms with E-state index in [-0.39, 0.29) is 12.8 Å². The molecule has 1 fully saturated rings. The molecular weight excluding hydrogens is 318 g/mol. The van der Waals surface area contributed by atoms with Gasteiger partial charge in [-0.15, -0.1) is 10.2 Å². The molecule has 128 valence electrons. The van der Waals surface area contributed by atoms with E-state index >= 15 is 0 Å². The van der Waals surface area contributed by atoms with E-state index in [0.29, 0.717) is 17.8 Å². The third-order valence-electron chi connectivity index (χ3n) is 4.40. The van der Waals surface area contributed by atoms with Gasteiger partial charge in [0.2, 0.25) is 11.7 Å². The zero-order valence-electron chi connectivity index (χ0n) is 13.4. The van der Waals surface area contributed by atoms with Crippen molar-refractivity contribution in [2.75, 3.05) is 7.11 Å². The van der Waals surface area contributed by atoms with Gasteiger partial charge in [-0.1, -0.05) is 24.3 Å². The summed E-state index contributed by atoms with van der Waals surface area (Å²) < 4.78 is 31.9. The highest BCUT2D eigenvalue weighted by molar-refractivity contribution is 5.78. The van der Waals surface area contributed by atoms with Gasteiger partial charge < -0.3 is 4.74 Å². The molecule has 0 saturated heterocycles. The van der Waals surface area contributed by atoms with Gasteiger partial charge in [-0.3, -0.25) is 4.79 Å². The molecular formula is C16H18F2N4O2. The van der Waals surface area contributed by atoms with Gasteiger partial charge in [0.1, 0.15) is 0 Å². The summed E-state index contributed by atoms with van der Waals surface area (Å²) in [5.41, 5.74) is 1.41. The van der Waals surface area contributed by atoms with Crippen molar-refractivity contribution in [2.24, 2.45) is 13.0 Å². The first kappa shape index (κ1) is 16.5. The number of carbonyl (C=O) groups excluding carboxylic acids is 1. The summed E-state index contributed by atoms with van der Waals surface area (Å²) in [5.74, 6) is -3.84. The summed E-state index contributed by atoms with van der Waals surface area (Å²) in [7, 11) is 2.94. The average Bonchev–Trinajstić information content (AvgIpc) is 3.14. The fourth-order valence-corrected chi connectivity index (χ4v) is 3.24. The lowest BCUT2D eigenvalue weighted by Gasteiger charge is -2.21. The third-order valence-corrected chi connectivity index (χ3v) is 4.40. The van der Waals surface area contributed by atoms with E-state index in [1.807, 2.05) is 0 Å². The van der Waals surface area contributed by atoms with E-state index in [1.165, 1.54) is 11.9 Å². The first-order valence-corrected chi connectivity index (χ1v) is 7.69. The Labute approximate surface area is 137 Å². The Kier molecular flexibility index (Phi) is 4.29. The summed E-state index contributed by atoms with van der Waals surface area (Å²) in [6, 6.07) is 7.00. The number of alkyl halides is 2. The van der Waals surface area contributed by atoms with Crippen LogP contribution >= 0.6 is 0 Å². The standard InChI is InChI=1S/C16H18F2N4O2/c1-22-20-14(19-21-22)11-5-3-10(4-6-11)13(15(23)24-2)12-7-8-16(17,18)9-12/h3-6,12-13H,7-9H2,1-2H3. The Balaban J connectivity index is 1.87. The summed E-state index contributed by atoms with van der Waals surface area (Å²) in [6.45, 7) is 0. The maximum Gasteiger partial charge on any atom is 0.313 e. The number of esters is 1. The maximum absolute atomic E-state index is 13.5. The smallest absolute Gasteiger partial charge is 0.313 e. The Morgan fingerprint density at radius 2 is 2.08 bits per heavy atom. The van der Waals surface area contributed by atoms with Gasteiger partial charge in [0, 0.05) is 18.4 Å². The van der Waals surface area contributed by atoms with Gasteiger partial charge in [0.25, 0.3) is 0 Å². The molecule has 6 nitrogen and oxygen atoms in total. The quantitative estimate of drug-likeness (QED) is 0.803. The molecule has 0 amide bonds. The lowest BCUT2D eigenvalue weighted by molar-refractivity contribution is -0.144. The van der Waals surface area contributed by atoms with Gasteiger partial charge in [-0.25, -0.2) is 8.78 Å². The molecule has 0 spiro atoms. The number of nitrogens with zero attached hydrogens (tertiary/aromatic N) is 4. The van der Waals surface area contributed by atoms with Crippen LogP contribution in [0.1, 0.15) is 30.7 Å². The van der Waals surface area contributed by atoms with Crippen molar-refractivity contribution < 1.29 is 18.3 Å². The van der Waals surface area contributed by atoms with Crippen LogP contribution in [0.2, 0.25) is 0 Å². The second kappa shape index (κ2) is 6.26. The highest BCUT2D eigenvalue weighted by Crippen LogP contribution is 2.45. The number of aryl methyl sites for hydroxylation is 1. The molecule has 1 heterocycles. The number of ether oxygens (including phenoxy) is 1. The molecule has 3 rings (SSSR count). The Morgan fingerprint density at radius 3 is 2.58 bits per heavy atom. The van der Waals surface area contributed by atoms with Crippen LogP contribution in [0.3, 0.4) is 0 Å². The summed E-state index contributed by atoms with van der Waals surface area (Å²) in [5, 5.41) is 11.8. The molecule has 0 aliphatic heterocycles. The number of methoxy groups -OCH3 is 1. The summed E-state index contributed by atoms with van der Waals surface area (Å²) in [4.78, 5) is 13.5. The minimum atomic E-state index is -2.71. The largest absolute Gasteiger partial charge is 0.469 e. The van der Waals surface area contributed by atoms with Crippen LogP contribution < -0.4 is 0 Å². The Hall–Kier alpha value is -2.38. The number of aromatic nitrogens is 4. The average molecular weight is 336 g/mol. The second-order valence-electron chi connectivity index (χ2n) is 6.08. The SMILES string of the molecule is COC(=O)C(c1ccc(-c2nnn(C)n2)cc1)C1CCC(F)(F)C1. The van der Waals surface area contributed by atoms with Gasteiger partial charge >= 0.3 is 5.97 Å². The molecule has 0 bridgehead atoms. The normalized spacial score (nSPS) is 20.8. The number of hydrogen-bond acceptors (Lipinski definition) is 5. The molecule has 0 radical (unpaired) electrons. The molecule has 1 aromatic carbocycles. The zero-order valence-corrected chi connectivity index (χ0v) is 13.4. The molecule has 0 N–H and O–H groups in total. The minimum Gasteiger partial charge on any atom is -0.469 e. The van der Waals surface area contributed by atoms with Crippen LogP contribution in [0.15, 0.2) is 24.3 Å². The lowest BCUT2D eigenvalue weighted by Crippen LogP contribution is -2.23. The Bertz CT molecular complexity index is 730. The predicted octanol–water partition coefficient (Wildman–Crippen LogP) is 2.57. The van der Waals surface area contributed by atoms with Crippen LogP contribution in [-0.4, -0.2) is 39.2 Å². The number of rotatable bonds is 4. The molecule has 1 saturated carbocycles. The highest BCUT2D eigenvalue weighted by atomic mass is 19.3. The molecule has 1 aromatic heterocycles. The fourth-order valence-electron chi connectivity index (χ4n) is 3.24. The zero-order chi connectivity index (χ0) is 17.3. The molecule has 2 aromatic rings. The van der Waals surface area contributed by atoms with E-state index < -0.39 is 23.7 Å². The van der Waals surface area contributed by atoms with Gasteiger partial charge in [-0.05, 0) is 23.1 Å². The van der Waals surface area contributed by atoms with Crippen LogP contribution in [0.4, 0.5) is 8.78 Å². The number of benzene rings is 1. The minimum absolute atomic E-state index is 0.188. The first-order valence-electron chi connectivity index (χ1n) is 7.69. The van der Waals surface area contributed by atoms with Gasteiger partial charge in [-0.2, -0.15) is 4.80 Å². The molecule has 8 heteroatoms. The van der Waals surface area contributed by atoms with Crippen LogP contribution in [-0.2, 0) is 16.6 Å². The van der Waals surface area contributed by atoms with Gasteiger partial charge in [0.15, 0.2) is 0 Å². The number of hydrogen-bond donors (Lipinski definition) is 0. The van der Waals surface area contributed by atoms with Crippen LogP contribution in [0, 0.1) is 5.92 Å². The third kappa shape index (κ3) is 3.27. The first-order chi connectivity index (χ1) is 11.4.